The van der Waals surface area contributed by atoms with E-state index in [1.165, 1.54) is 29.0 Å². The Kier molecular flexibility index (Phi) is 5.28. The monoisotopic (exact) mass is 444 g/mol. The van der Waals surface area contributed by atoms with Crippen molar-refractivity contribution in [2.75, 3.05) is 5.32 Å². The first-order valence-corrected chi connectivity index (χ1v) is 10.6. The maximum atomic E-state index is 13.4. The van der Waals surface area contributed by atoms with E-state index in [0.717, 1.165) is 24.3 Å². The van der Waals surface area contributed by atoms with Gasteiger partial charge in [-0.15, -0.1) is 0 Å². The highest BCUT2D eigenvalue weighted by molar-refractivity contribution is 7.91. The number of fused-ring (bicyclic) bond motifs is 1. The Morgan fingerprint density at radius 2 is 1.61 bits per heavy atom. The van der Waals surface area contributed by atoms with Gasteiger partial charge in [0.15, 0.2) is 11.6 Å². The average Bonchev–Trinajstić information content (AvgIpc) is 3.10. The van der Waals surface area contributed by atoms with E-state index in [4.69, 9.17) is 0 Å². The second-order valence-corrected chi connectivity index (χ2v) is 8.69. The van der Waals surface area contributed by atoms with Crippen molar-refractivity contribution in [3.05, 3.63) is 90.4 Å². The number of carbonyl (C=O) groups is 1. The van der Waals surface area contributed by atoms with E-state index in [2.05, 4.69) is 5.32 Å². The number of benzene rings is 3. The molecule has 3 aromatic carbocycles. The smallest absolute Gasteiger partial charge is 0.244 e. The number of nitrogens with one attached hydrogen (secondary N) is 1. The molecule has 0 aliphatic rings. The van der Waals surface area contributed by atoms with Gasteiger partial charge in [-0.05, 0) is 42.5 Å². The third-order valence-corrected chi connectivity index (χ3v) is 6.48. The molecular weight excluding hydrogens is 429 g/mol. The van der Waals surface area contributed by atoms with Crippen LogP contribution in [0.4, 0.5) is 18.9 Å². The molecule has 0 radical (unpaired) electrons. The number of rotatable bonds is 5. The van der Waals surface area contributed by atoms with Gasteiger partial charge in [-0.1, -0.05) is 18.2 Å². The number of anilines is 1. The zero-order valence-corrected chi connectivity index (χ0v) is 16.7. The van der Waals surface area contributed by atoms with Crippen molar-refractivity contribution in [2.45, 2.75) is 16.3 Å². The highest BCUT2D eigenvalue weighted by atomic mass is 32.2. The third-order valence-electron chi connectivity index (χ3n) is 4.68. The molecule has 0 saturated carbocycles. The maximum absolute atomic E-state index is 13.4. The zero-order valence-electron chi connectivity index (χ0n) is 15.8. The van der Waals surface area contributed by atoms with Gasteiger partial charge in [0.25, 0.3) is 0 Å². The molecule has 1 amide bonds. The van der Waals surface area contributed by atoms with Gasteiger partial charge in [-0.3, -0.25) is 4.79 Å². The molecule has 1 heterocycles. The summed E-state index contributed by atoms with van der Waals surface area (Å²) >= 11 is 0. The third kappa shape index (κ3) is 4.04. The SMILES string of the molecule is O=C(Cn1cc(S(=O)(=O)c2ccc(F)cc2)c2ccccc21)Nc1ccc(F)c(F)c1. The Bertz CT molecular complexity index is 1400. The quantitative estimate of drug-likeness (QED) is 0.460. The molecule has 0 aliphatic heterocycles. The summed E-state index contributed by atoms with van der Waals surface area (Å²) < 4.78 is 67.3. The van der Waals surface area contributed by atoms with Gasteiger partial charge in [0, 0.05) is 28.9 Å². The van der Waals surface area contributed by atoms with Gasteiger partial charge in [-0.25, -0.2) is 21.6 Å². The number of carbonyl (C=O) groups excluding carboxylic acids is 1. The molecule has 0 atom stereocenters. The molecule has 0 saturated heterocycles. The van der Waals surface area contributed by atoms with E-state index in [0.29, 0.717) is 10.9 Å². The molecule has 1 aromatic heterocycles. The van der Waals surface area contributed by atoms with E-state index in [9.17, 15) is 26.4 Å². The Labute approximate surface area is 175 Å². The number of hydrogen-bond acceptors (Lipinski definition) is 3. The summed E-state index contributed by atoms with van der Waals surface area (Å²) in [7, 11) is -3.98. The van der Waals surface area contributed by atoms with E-state index < -0.39 is 33.2 Å². The van der Waals surface area contributed by atoms with E-state index in [-0.39, 0.29) is 22.0 Å². The molecule has 5 nitrogen and oxygen atoms in total. The largest absolute Gasteiger partial charge is 0.337 e. The lowest BCUT2D eigenvalue weighted by molar-refractivity contribution is -0.116. The number of nitrogens with zero attached hydrogens (tertiary/aromatic N) is 1. The first-order chi connectivity index (χ1) is 14.8. The van der Waals surface area contributed by atoms with Crippen molar-refractivity contribution in [3.63, 3.8) is 0 Å². The molecular formula is C22H15F3N2O3S. The predicted octanol–water partition coefficient (Wildman–Crippen LogP) is 4.53. The lowest BCUT2D eigenvalue weighted by atomic mass is 10.2. The molecule has 158 valence electrons. The Hall–Kier alpha value is -3.59. The van der Waals surface area contributed by atoms with Crippen LogP contribution in [0.15, 0.2) is 82.7 Å². The van der Waals surface area contributed by atoms with Gasteiger partial charge in [0.1, 0.15) is 12.4 Å². The summed E-state index contributed by atoms with van der Waals surface area (Å²) in [5.41, 5.74) is 0.558. The summed E-state index contributed by atoms with van der Waals surface area (Å²) in [5.74, 6) is -3.25. The van der Waals surface area contributed by atoms with Gasteiger partial charge in [-0.2, -0.15) is 0 Å². The minimum atomic E-state index is -3.98. The molecule has 9 heteroatoms. The fourth-order valence-corrected chi connectivity index (χ4v) is 4.70. The first kappa shape index (κ1) is 20.7. The van der Waals surface area contributed by atoms with Crippen molar-refractivity contribution in [1.29, 1.82) is 0 Å². The summed E-state index contributed by atoms with van der Waals surface area (Å²) in [5, 5.41) is 2.85. The normalized spacial score (nSPS) is 11.6. The van der Waals surface area contributed by atoms with Crippen LogP contribution >= 0.6 is 0 Å². The van der Waals surface area contributed by atoms with E-state index in [1.807, 2.05) is 0 Å². The van der Waals surface area contributed by atoms with Crippen LogP contribution in [0.2, 0.25) is 0 Å². The van der Waals surface area contributed by atoms with Crippen molar-refractivity contribution < 1.29 is 26.4 Å². The summed E-state index contributed by atoms with van der Waals surface area (Å²) in [6.07, 6.45) is 1.33. The van der Waals surface area contributed by atoms with Crippen LogP contribution in [-0.4, -0.2) is 18.9 Å². The molecule has 0 aliphatic carbocycles. The van der Waals surface area contributed by atoms with Crippen LogP contribution in [0.25, 0.3) is 10.9 Å². The number of sulfone groups is 1. The highest BCUT2D eigenvalue weighted by Gasteiger charge is 2.24. The van der Waals surface area contributed by atoms with E-state index in [1.54, 1.807) is 24.3 Å². The van der Waals surface area contributed by atoms with Crippen LogP contribution < -0.4 is 5.32 Å². The predicted molar refractivity (Wildman–Crippen MR) is 109 cm³/mol. The van der Waals surface area contributed by atoms with Gasteiger partial charge in [0.2, 0.25) is 15.7 Å². The molecule has 0 fully saturated rings. The molecule has 4 rings (SSSR count). The topological polar surface area (TPSA) is 68.2 Å². The van der Waals surface area contributed by atoms with Crippen LogP contribution in [0.3, 0.4) is 0 Å². The minimum Gasteiger partial charge on any atom is -0.337 e. The number of aromatic nitrogens is 1. The number of amides is 1. The lowest BCUT2D eigenvalue weighted by Crippen LogP contribution is -2.18. The first-order valence-electron chi connectivity index (χ1n) is 9.09. The molecule has 1 N–H and O–H groups in total. The molecule has 0 spiro atoms. The second kappa shape index (κ2) is 7.92. The van der Waals surface area contributed by atoms with Crippen LogP contribution in [0.5, 0.6) is 0 Å². The summed E-state index contributed by atoms with van der Waals surface area (Å²) in [6.45, 7) is -0.265. The van der Waals surface area contributed by atoms with Crippen LogP contribution in [0.1, 0.15) is 0 Å². The number of halogens is 3. The van der Waals surface area contributed by atoms with Gasteiger partial charge in [0.05, 0.1) is 9.79 Å². The fourth-order valence-electron chi connectivity index (χ4n) is 3.23. The minimum absolute atomic E-state index is 0.0321. The fraction of sp³-hybridized carbons (Fsp3) is 0.0455. The molecule has 4 aromatic rings. The van der Waals surface area contributed by atoms with Crippen molar-refractivity contribution in [2.24, 2.45) is 0 Å². The molecule has 0 unspecified atom stereocenters. The maximum Gasteiger partial charge on any atom is 0.244 e. The Morgan fingerprint density at radius 1 is 0.903 bits per heavy atom. The van der Waals surface area contributed by atoms with Crippen LogP contribution in [-0.2, 0) is 21.2 Å². The zero-order chi connectivity index (χ0) is 22.2. The summed E-state index contributed by atoms with van der Waals surface area (Å²) in [4.78, 5) is 12.3. The Morgan fingerprint density at radius 3 is 2.32 bits per heavy atom. The van der Waals surface area contributed by atoms with Crippen molar-refractivity contribution in [3.8, 4) is 0 Å². The molecule has 31 heavy (non-hydrogen) atoms. The van der Waals surface area contributed by atoms with Gasteiger partial charge >= 0.3 is 0 Å². The average molecular weight is 444 g/mol. The lowest BCUT2D eigenvalue weighted by Gasteiger charge is -2.07. The summed E-state index contributed by atoms with van der Waals surface area (Å²) in [6, 6.07) is 14.0. The second-order valence-electron chi connectivity index (χ2n) is 6.77. The molecule has 0 bridgehead atoms. The van der Waals surface area contributed by atoms with Gasteiger partial charge < -0.3 is 9.88 Å². The van der Waals surface area contributed by atoms with Crippen molar-refractivity contribution >= 4 is 32.3 Å². The van der Waals surface area contributed by atoms with Crippen LogP contribution in [0, 0.1) is 17.5 Å². The number of hydrogen-bond donors (Lipinski definition) is 1. The standard InChI is InChI=1S/C22H15F3N2O3S/c23-14-5-8-16(9-6-14)31(29,30)21-12-27(20-4-2-1-3-17(20)21)13-22(28)26-15-7-10-18(24)19(25)11-15/h1-12H,13H2,(H,26,28). The van der Waals surface area contributed by atoms with E-state index >= 15 is 0 Å². The Balaban J connectivity index is 1.69. The number of para-hydroxylation sites is 1. The van der Waals surface area contributed by atoms with Crippen molar-refractivity contribution in [1.82, 2.24) is 4.57 Å². The highest BCUT2D eigenvalue weighted by Crippen LogP contribution is 2.30.